The molecule has 0 saturated heterocycles. The van der Waals surface area contributed by atoms with Crippen molar-refractivity contribution in [2.45, 2.75) is 26.7 Å². The summed E-state index contributed by atoms with van der Waals surface area (Å²) in [5, 5.41) is 11.9. The minimum Gasteiger partial charge on any atom is -0.493 e. The third-order valence-electron chi connectivity index (χ3n) is 3.47. The van der Waals surface area contributed by atoms with Gasteiger partial charge in [-0.25, -0.2) is 0 Å². The Bertz CT molecular complexity index is 468. The number of benzene rings is 1. The molecule has 1 heterocycles. The van der Waals surface area contributed by atoms with Crippen molar-refractivity contribution in [3.63, 3.8) is 0 Å². The van der Waals surface area contributed by atoms with Gasteiger partial charge in [0.25, 0.3) is 5.91 Å². The Hall–Kier alpha value is -1.55. The number of rotatable bonds is 5. The van der Waals surface area contributed by atoms with Gasteiger partial charge in [0.2, 0.25) is 0 Å². The van der Waals surface area contributed by atoms with E-state index in [-0.39, 0.29) is 17.9 Å². The van der Waals surface area contributed by atoms with Crippen LogP contribution in [0.2, 0.25) is 0 Å². The van der Waals surface area contributed by atoms with Gasteiger partial charge in [-0.05, 0) is 35.6 Å². The third-order valence-corrected chi connectivity index (χ3v) is 3.47. The van der Waals surface area contributed by atoms with Gasteiger partial charge in [0.15, 0.2) is 0 Å². The normalized spacial score (nSPS) is 13.8. The third kappa shape index (κ3) is 3.47. The van der Waals surface area contributed by atoms with Crippen LogP contribution < -0.4 is 10.1 Å². The lowest BCUT2D eigenvalue weighted by molar-refractivity contribution is 0.0928. The molecule has 4 nitrogen and oxygen atoms in total. The Morgan fingerprint density at radius 1 is 1.47 bits per heavy atom. The number of ether oxygens (including phenoxy) is 1. The average Bonchev–Trinajstić information content (AvgIpc) is 2.83. The van der Waals surface area contributed by atoms with Crippen molar-refractivity contribution in [2.75, 3.05) is 19.8 Å². The van der Waals surface area contributed by atoms with E-state index < -0.39 is 0 Å². The first-order valence-electron chi connectivity index (χ1n) is 6.67. The standard InChI is InChI=1S/C15H21NO3/c1-15(2,6-7-17)10-16-14(18)12-3-4-13-11(9-12)5-8-19-13/h3-4,9,17H,5-8,10H2,1-2H3,(H,16,18). The zero-order valence-corrected chi connectivity index (χ0v) is 11.5. The molecule has 104 valence electrons. The van der Waals surface area contributed by atoms with Crippen LogP contribution in [0.1, 0.15) is 36.2 Å². The second-order valence-electron chi connectivity index (χ2n) is 5.74. The summed E-state index contributed by atoms with van der Waals surface area (Å²) in [7, 11) is 0. The molecule has 19 heavy (non-hydrogen) atoms. The van der Waals surface area contributed by atoms with Crippen LogP contribution in [0.4, 0.5) is 0 Å². The van der Waals surface area contributed by atoms with E-state index in [9.17, 15) is 4.79 Å². The second kappa shape index (κ2) is 5.61. The molecule has 4 heteroatoms. The fraction of sp³-hybridized carbons (Fsp3) is 0.533. The molecule has 1 aromatic rings. The van der Waals surface area contributed by atoms with Gasteiger partial charge in [0.1, 0.15) is 5.75 Å². The number of nitrogens with one attached hydrogen (secondary N) is 1. The van der Waals surface area contributed by atoms with Gasteiger partial charge >= 0.3 is 0 Å². The van der Waals surface area contributed by atoms with Crippen LogP contribution in [0.5, 0.6) is 5.75 Å². The molecule has 1 aliphatic heterocycles. The molecule has 0 saturated carbocycles. The zero-order chi connectivity index (χ0) is 13.9. The fourth-order valence-electron chi connectivity index (χ4n) is 2.14. The second-order valence-corrected chi connectivity index (χ2v) is 5.74. The lowest BCUT2D eigenvalue weighted by atomic mass is 9.89. The van der Waals surface area contributed by atoms with Crippen molar-refractivity contribution in [1.82, 2.24) is 5.32 Å². The highest BCUT2D eigenvalue weighted by Gasteiger charge is 2.19. The predicted octanol–water partition coefficient (Wildman–Crippen LogP) is 1.76. The molecule has 0 unspecified atom stereocenters. The van der Waals surface area contributed by atoms with Crippen molar-refractivity contribution in [3.8, 4) is 5.75 Å². The average molecular weight is 263 g/mol. The van der Waals surface area contributed by atoms with Crippen molar-refractivity contribution in [3.05, 3.63) is 29.3 Å². The highest BCUT2D eigenvalue weighted by molar-refractivity contribution is 5.94. The van der Waals surface area contributed by atoms with Crippen LogP contribution in [0, 0.1) is 5.41 Å². The van der Waals surface area contributed by atoms with Gasteiger partial charge in [0.05, 0.1) is 6.61 Å². The SMILES string of the molecule is CC(C)(CCO)CNC(=O)c1ccc2c(c1)CCO2. The van der Waals surface area contributed by atoms with Crippen LogP contribution >= 0.6 is 0 Å². The van der Waals surface area contributed by atoms with Crippen LogP contribution in [0.25, 0.3) is 0 Å². The van der Waals surface area contributed by atoms with Crippen LogP contribution in [-0.2, 0) is 6.42 Å². The van der Waals surface area contributed by atoms with Gasteiger partial charge in [-0.3, -0.25) is 4.79 Å². The maximum Gasteiger partial charge on any atom is 0.251 e. The van der Waals surface area contributed by atoms with Crippen LogP contribution in [0.3, 0.4) is 0 Å². The van der Waals surface area contributed by atoms with E-state index >= 15 is 0 Å². The monoisotopic (exact) mass is 263 g/mol. The number of carbonyl (C=O) groups is 1. The number of aliphatic hydroxyl groups excluding tert-OH is 1. The molecular formula is C15H21NO3. The summed E-state index contributed by atoms with van der Waals surface area (Å²) in [4.78, 5) is 12.1. The number of hydrogen-bond donors (Lipinski definition) is 2. The van der Waals surface area contributed by atoms with Crippen molar-refractivity contribution < 1.29 is 14.6 Å². The predicted molar refractivity (Wildman–Crippen MR) is 73.5 cm³/mol. The van der Waals surface area contributed by atoms with Gasteiger partial charge in [-0.2, -0.15) is 0 Å². The van der Waals surface area contributed by atoms with Crippen molar-refractivity contribution in [1.29, 1.82) is 0 Å². The lowest BCUT2D eigenvalue weighted by Gasteiger charge is -2.23. The molecule has 0 aromatic heterocycles. The van der Waals surface area contributed by atoms with E-state index in [4.69, 9.17) is 9.84 Å². The number of fused-ring (bicyclic) bond motifs is 1. The summed E-state index contributed by atoms with van der Waals surface area (Å²) in [5.74, 6) is 0.817. The number of aliphatic hydroxyl groups is 1. The summed E-state index contributed by atoms with van der Waals surface area (Å²) in [6, 6.07) is 5.55. The summed E-state index contributed by atoms with van der Waals surface area (Å²) >= 11 is 0. The quantitative estimate of drug-likeness (QED) is 0.851. The molecule has 0 atom stereocenters. The Balaban J connectivity index is 1.97. The molecule has 0 spiro atoms. The maximum absolute atomic E-state index is 12.1. The summed E-state index contributed by atoms with van der Waals surface area (Å²) in [6.45, 7) is 5.45. The summed E-state index contributed by atoms with van der Waals surface area (Å²) in [6.07, 6.45) is 1.54. The van der Waals surface area contributed by atoms with Gasteiger partial charge < -0.3 is 15.2 Å². The van der Waals surface area contributed by atoms with Crippen molar-refractivity contribution >= 4 is 5.91 Å². The van der Waals surface area contributed by atoms with Crippen LogP contribution in [-0.4, -0.2) is 30.8 Å². The smallest absolute Gasteiger partial charge is 0.251 e. The van der Waals surface area contributed by atoms with Crippen LogP contribution in [0.15, 0.2) is 18.2 Å². The molecular weight excluding hydrogens is 242 g/mol. The Labute approximate surface area is 113 Å². The number of hydrogen-bond acceptors (Lipinski definition) is 3. The largest absolute Gasteiger partial charge is 0.493 e. The molecule has 0 fully saturated rings. The zero-order valence-electron chi connectivity index (χ0n) is 11.5. The van der Waals surface area contributed by atoms with E-state index in [1.54, 1.807) is 6.07 Å². The number of amides is 1. The van der Waals surface area contributed by atoms with E-state index in [2.05, 4.69) is 5.32 Å². The van der Waals surface area contributed by atoms with E-state index in [1.165, 1.54) is 0 Å². The van der Waals surface area contributed by atoms with E-state index in [1.807, 2.05) is 26.0 Å². The van der Waals surface area contributed by atoms with Gasteiger partial charge in [0, 0.05) is 25.1 Å². The first kappa shape index (κ1) is 13.9. The maximum atomic E-state index is 12.1. The summed E-state index contributed by atoms with van der Waals surface area (Å²) < 4.78 is 5.42. The Kier molecular flexibility index (Phi) is 4.10. The topological polar surface area (TPSA) is 58.6 Å². The molecule has 2 rings (SSSR count). The van der Waals surface area contributed by atoms with E-state index in [0.29, 0.717) is 25.1 Å². The first-order chi connectivity index (χ1) is 9.02. The lowest BCUT2D eigenvalue weighted by Crippen LogP contribution is -2.34. The molecule has 0 radical (unpaired) electrons. The van der Waals surface area contributed by atoms with Crippen molar-refractivity contribution in [2.24, 2.45) is 5.41 Å². The minimum absolute atomic E-state index is 0.0688. The Morgan fingerprint density at radius 2 is 2.26 bits per heavy atom. The molecule has 1 aromatic carbocycles. The molecule has 0 aliphatic carbocycles. The number of carbonyl (C=O) groups excluding carboxylic acids is 1. The first-order valence-corrected chi connectivity index (χ1v) is 6.67. The molecule has 2 N–H and O–H groups in total. The Morgan fingerprint density at radius 3 is 3.00 bits per heavy atom. The fourth-order valence-corrected chi connectivity index (χ4v) is 2.14. The molecule has 1 aliphatic rings. The highest BCUT2D eigenvalue weighted by atomic mass is 16.5. The minimum atomic E-state index is -0.0930. The molecule has 0 bridgehead atoms. The highest BCUT2D eigenvalue weighted by Crippen LogP contribution is 2.26. The van der Waals surface area contributed by atoms with E-state index in [0.717, 1.165) is 17.7 Å². The van der Waals surface area contributed by atoms with Gasteiger partial charge in [-0.1, -0.05) is 13.8 Å². The molecule has 1 amide bonds. The van der Waals surface area contributed by atoms with Gasteiger partial charge in [-0.15, -0.1) is 0 Å². The summed E-state index contributed by atoms with van der Waals surface area (Å²) in [5.41, 5.74) is 1.68.